The number of carbonyl (C=O) groups excluding carboxylic acids is 2. The number of halogens is 1. The van der Waals surface area contributed by atoms with Gasteiger partial charge < -0.3 is 15.5 Å². The Kier molecular flexibility index (Phi) is 7.17. The Balaban J connectivity index is 1.61. The van der Waals surface area contributed by atoms with Crippen molar-refractivity contribution in [3.8, 4) is 0 Å². The Morgan fingerprint density at radius 1 is 1.20 bits per heavy atom. The van der Waals surface area contributed by atoms with Gasteiger partial charge in [-0.15, -0.1) is 0 Å². The summed E-state index contributed by atoms with van der Waals surface area (Å²) in [6.45, 7) is 3.39. The number of nitro groups is 1. The molecule has 1 aliphatic heterocycles. The number of carbonyl (C=O) groups is 2. The van der Waals surface area contributed by atoms with Crippen LogP contribution in [0.1, 0.15) is 17.3 Å². The molecule has 0 spiro atoms. The average Bonchev–Trinajstić information content (AvgIpc) is 2.74. The molecule has 8 nitrogen and oxygen atoms in total. The molecule has 0 aromatic heterocycles. The van der Waals surface area contributed by atoms with Gasteiger partial charge in [-0.2, -0.15) is 11.8 Å². The Bertz CT molecular complexity index is 966. The van der Waals surface area contributed by atoms with E-state index >= 15 is 0 Å². The minimum atomic E-state index is -0.852. The first kappa shape index (κ1) is 21.9. The van der Waals surface area contributed by atoms with Crippen LogP contribution in [0, 0.1) is 10.1 Å². The number of benzene rings is 2. The number of nitro benzene ring substituents is 1. The van der Waals surface area contributed by atoms with Gasteiger partial charge in [0.25, 0.3) is 11.6 Å². The summed E-state index contributed by atoms with van der Waals surface area (Å²) in [7, 11) is 0. The molecule has 1 unspecified atom stereocenters. The van der Waals surface area contributed by atoms with Crippen molar-refractivity contribution in [1.29, 1.82) is 0 Å². The predicted molar refractivity (Wildman–Crippen MR) is 120 cm³/mol. The van der Waals surface area contributed by atoms with Crippen molar-refractivity contribution < 1.29 is 14.5 Å². The SMILES string of the molecule is CC(NC(=O)c1cccc([N+](=O)[O-])c1)C(=O)Nc1ccc(N2CCSCC2)c(Cl)c1. The molecule has 0 saturated carbocycles. The van der Waals surface area contributed by atoms with Gasteiger partial charge in [0.05, 0.1) is 15.6 Å². The van der Waals surface area contributed by atoms with E-state index in [2.05, 4.69) is 15.5 Å². The lowest BCUT2D eigenvalue weighted by Gasteiger charge is -2.29. The normalized spacial score (nSPS) is 14.7. The lowest BCUT2D eigenvalue weighted by molar-refractivity contribution is -0.384. The largest absolute Gasteiger partial charge is 0.369 e. The lowest BCUT2D eigenvalue weighted by atomic mass is 10.1. The summed E-state index contributed by atoms with van der Waals surface area (Å²) in [4.78, 5) is 37.3. The summed E-state index contributed by atoms with van der Waals surface area (Å²) >= 11 is 8.32. The van der Waals surface area contributed by atoms with Crippen LogP contribution in [-0.2, 0) is 4.79 Å². The maximum absolute atomic E-state index is 12.5. The molecule has 30 heavy (non-hydrogen) atoms. The zero-order chi connectivity index (χ0) is 21.7. The van der Waals surface area contributed by atoms with Gasteiger partial charge in [-0.25, -0.2) is 0 Å². The molecule has 1 heterocycles. The molecule has 2 amide bonds. The number of rotatable bonds is 6. The number of hydrogen-bond acceptors (Lipinski definition) is 6. The zero-order valence-electron chi connectivity index (χ0n) is 16.3. The summed E-state index contributed by atoms with van der Waals surface area (Å²) in [6, 6.07) is 9.81. The van der Waals surface area contributed by atoms with Crippen LogP contribution in [0.3, 0.4) is 0 Å². The van der Waals surface area contributed by atoms with Crippen molar-refractivity contribution in [1.82, 2.24) is 5.32 Å². The molecule has 10 heteroatoms. The van der Waals surface area contributed by atoms with E-state index in [0.29, 0.717) is 10.7 Å². The number of amides is 2. The van der Waals surface area contributed by atoms with Crippen LogP contribution in [0.5, 0.6) is 0 Å². The third-order valence-corrected chi connectivity index (χ3v) is 5.87. The van der Waals surface area contributed by atoms with Gasteiger partial charge in [0.2, 0.25) is 5.91 Å². The second-order valence-electron chi connectivity index (χ2n) is 6.76. The van der Waals surface area contributed by atoms with E-state index in [-0.39, 0.29) is 11.3 Å². The summed E-state index contributed by atoms with van der Waals surface area (Å²) < 4.78 is 0. The first-order valence-electron chi connectivity index (χ1n) is 9.33. The highest BCUT2D eigenvalue weighted by atomic mass is 35.5. The van der Waals surface area contributed by atoms with E-state index in [4.69, 9.17) is 11.6 Å². The molecule has 2 aromatic rings. The van der Waals surface area contributed by atoms with Gasteiger partial charge in [-0.3, -0.25) is 19.7 Å². The van der Waals surface area contributed by atoms with Crippen molar-refractivity contribution in [2.75, 3.05) is 34.8 Å². The molecule has 3 rings (SSSR count). The quantitative estimate of drug-likeness (QED) is 0.517. The van der Waals surface area contributed by atoms with Gasteiger partial charge in [0.1, 0.15) is 6.04 Å². The zero-order valence-corrected chi connectivity index (χ0v) is 17.8. The second-order valence-corrected chi connectivity index (χ2v) is 8.39. The van der Waals surface area contributed by atoms with Crippen molar-refractivity contribution in [3.05, 3.63) is 63.2 Å². The number of hydrogen-bond donors (Lipinski definition) is 2. The summed E-state index contributed by atoms with van der Waals surface area (Å²) in [6.07, 6.45) is 0. The second kappa shape index (κ2) is 9.82. The maximum atomic E-state index is 12.5. The van der Waals surface area contributed by atoms with Crippen LogP contribution in [0.25, 0.3) is 0 Å². The summed E-state index contributed by atoms with van der Waals surface area (Å²) in [5, 5.41) is 16.7. The van der Waals surface area contributed by atoms with Crippen LogP contribution >= 0.6 is 23.4 Å². The molecule has 0 bridgehead atoms. The van der Waals surface area contributed by atoms with Crippen LogP contribution in [0.4, 0.5) is 17.1 Å². The van der Waals surface area contributed by atoms with Crippen molar-refractivity contribution in [3.63, 3.8) is 0 Å². The number of anilines is 2. The molecular weight excluding hydrogens is 428 g/mol. The first-order chi connectivity index (χ1) is 14.3. The first-order valence-corrected chi connectivity index (χ1v) is 10.9. The number of nitrogens with zero attached hydrogens (tertiary/aromatic N) is 2. The van der Waals surface area contributed by atoms with E-state index < -0.39 is 22.8 Å². The maximum Gasteiger partial charge on any atom is 0.270 e. The van der Waals surface area contributed by atoms with Crippen molar-refractivity contribution in [2.45, 2.75) is 13.0 Å². The van der Waals surface area contributed by atoms with Gasteiger partial charge in [-0.1, -0.05) is 17.7 Å². The predicted octanol–water partition coefficient (Wildman–Crippen LogP) is 3.56. The van der Waals surface area contributed by atoms with Crippen molar-refractivity contribution >= 4 is 52.2 Å². The van der Waals surface area contributed by atoms with Crippen LogP contribution < -0.4 is 15.5 Å². The van der Waals surface area contributed by atoms with Crippen LogP contribution in [0.15, 0.2) is 42.5 Å². The fourth-order valence-electron chi connectivity index (χ4n) is 3.00. The summed E-state index contributed by atoms with van der Waals surface area (Å²) in [5.41, 5.74) is 1.37. The number of non-ortho nitro benzene ring substituents is 1. The standard InChI is InChI=1S/C20H21ClN4O4S/c1-13(22-20(27)14-3-2-4-16(11-14)25(28)29)19(26)23-15-5-6-18(17(21)12-15)24-7-9-30-10-8-24/h2-6,11-13H,7-10H2,1H3,(H,22,27)(H,23,26). The van der Waals surface area contributed by atoms with E-state index in [1.807, 2.05) is 17.8 Å². The molecule has 2 aromatic carbocycles. The van der Waals surface area contributed by atoms with Crippen LogP contribution in [0.2, 0.25) is 5.02 Å². The van der Waals surface area contributed by atoms with Gasteiger partial charge in [0, 0.05) is 48.0 Å². The number of thioether (sulfide) groups is 1. The third-order valence-electron chi connectivity index (χ3n) is 4.63. The molecule has 1 fully saturated rings. The van der Waals surface area contributed by atoms with E-state index in [9.17, 15) is 19.7 Å². The molecule has 0 aliphatic carbocycles. The Morgan fingerprint density at radius 3 is 2.60 bits per heavy atom. The highest BCUT2D eigenvalue weighted by molar-refractivity contribution is 7.99. The third kappa shape index (κ3) is 5.43. The average molecular weight is 449 g/mol. The minimum Gasteiger partial charge on any atom is -0.369 e. The lowest BCUT2D eigenvalue weighted by Crippen LogP contribution is -2.41. The van der Waals surface area contributed by atoms with Crippen molar-refractivity contribution in [2.24, 2.45) is 0 Å². The smallest absolute Gasteiger partial charge is 0.270 e. The molecule has 2 N–H and O–H groups in total. The molecule has 158 valence electrons. The Morgan fingerprint density at radius 2 is 1.93 bits per heavy atom. The van der Waals surface area contributed by atoms with Gasteiger partial charge in [0.15, 0.2) is 0 Å². The fraction of sp³-hybridized carbons (Fsp3) is 0.300. The molecule has 0 radical (unpaired) electrons. The molecule has 1 aliphatic rings. The highest BCUT2D eigenvalue weighted by Crippen LogP contribution is 2.30. The fourth-order valence-corrected chi connectivity index (χ4v) is 4.21. The number of nitrogens with one attached hydrogen (secondary N) is 2. The monoisotopic (exact) mass is 448 g/mol. The van der Waals surface area contributed by atoms with E-state index in [1.54, 1.807) is 12.1 Å². The van der Waals surface area contributed by atoms with Gasteiger partial charge in [-0.05, 0) is 31.2 Å². The van der Waals surface area contributed by atoms with Crippen LogP contribution in [-0.4, -0.2) is 47.4 Å². The molecule has 1 atom stereocenters. The topological polar surface area (TPSA) is 105 Å². The Hall–Kier alpha value is -2.78. The van der Waals surface area contributed by atoms with Gasteiger partial charge >= 0.3 is 0 Å². The summed E-state index contributed by atoms with van der Waals surface area (Å²) in [5.74, 6) is 1.11. The molecule has 1 saturated heterocycles. The Labute approximate surface area is 183 Å². The van der Waals surface area contributed by atoms with E-state index in [1.165, 1.54) is 25.1 Å². The van der Waals surface area contributed by atoms with E-state index in [0.717, 1.165) is 36.3 Å². The highest BCUT2D eigenvalue weighted by Gasteiger charge is 2.19. The minimum absolute atomic E-state index is 0.107. The molecular formula is C20H21ClN4O4S.